The van der Waals surface area contributed by atoms with E-state index in [-0.39, 0.29) is 5.56 Å². The Morgan fingerprint density at radius 3 is 2.81 bits per heavy atom. The third kappa shape index (κ3) is 3.82. The van der Waals surface area contributed by atoms with Gasteiger partial charge in [0.05, 0.1) is 12.2 Å². The molecule has 1 aromatic carbocycles. The smallest absolute Gasteiger partial charge is 0.381 e. The number of halogens is 2. The molecular weight excluding hydrogens is 222 g/mol. The monoisotopic (exact) mass is 232 g/mol. The van der Waals surface area contributed by atoms with Crippen molar-refractivity contribution in [3.8, 4) is 5.75 Å². The van der Waals surface area contributed by atoms with Crippen molar-refractivity contribution >= 4 is 5.97 Å². The molecule has 0 aliphatic rings. The maximum absolute atomic E-state index is 11.6. The van der Waals surface area contributed by atoms with Crippen LogP contribution in [-0.2, 0) is 9.78 Å². The highest BCUT2D eigenvalue weighted by Gasteiger charge is 2.12. The Labute approximate surface area is 90.7 Å². The molecule has 0 heterocycles. The van der Waals surface area contributed by atoms with Crippen molar-refractivity contribution in [1.82, 2.24) is 0 Å². The summed E-state index contributed by atoms with van der Waals surface area (Å²) in [4.78, 5) is 18.5. The highest BCUT2D eigenvalue weighted by molar-refractivity contribution is 5.89. The summed E-state index contributed by atoms with van der Waals surface area (Å²) >= 11 is 0. The molecule has 0 saturated carbocycles. The minimum atomic E-state index is -3.15. The number of hydrogen-bond donors (Lipinski definition) is 0. The molecule has 0 bridgehead atoms. The number of rotatable bonds is 5. The Balaban J connectivity index is 2.64. The van der Waals surface area contributed by atoms with Gasteiger partial charge in [0, 0.05) is 0 Å². The summed E-state index contributed by atoms with van der Waals surface area (Å²) in [5.41, 5.74) is 0.0756. The maximum Gasteiger partial charge on any atom is 0.381 e. The van der Waals surface area contributed by atoms with E-state index < -0.39 is 12.6 Å². The third-order valence-corrected chi connectivity index (χ3v) is 1.58. The van der Waals surface area contributed by atoms with E-state index >= 15 is 0 Å². The minimum absolute atomic E-state index is 0.0756. The highest BCUT2D eigenvalue weighted by atomic mass is 19.3. The Kier molecular flexibility index (Phi) is 4.65. The van der Waals surface area contributed by atoms with Gasteiger partial charge in [0.2, 0.25) is 0 Å². The fraction of sp³-hybridized carbons (Fsp3) is 0.300. The Hall–Kier alpha value is -1.69. The van der Waals surface area contributed by atoms with Crippen LogP contribution in [0, 0.1) is 0 Å². The molecule has 0 atom stereocenters. The number of alkyl halides is 2. The fourth-order valence-electron chi connectivity index (χ4n) is 1.01. The maximum atomic E-state index is 11.6. The Bertz CT molecular complexity index is 354. The van der Waals surface area contributed by atoms with E-state index in [1.54, 1.807) is 19.1 Å². The van der Waals surface area contributed by atoms with Crippen molar-refractivity contribution in [3.63, 3.8) is 0 Å². The van der Waals surface area contributed by atoms with Crippen molar-refractivity contribution in [1.29, 1.82) is 0 Å². The van der Waals surface area contributed by atoms with Gasteiger partial charge in [0.1, 0.15) is 5.75 Å². The van der Waals surface area contributed by atoms with Gasteiger partial charge in [-0.15, -0.1) is 4.89 Å². The van der Waals surface area contributed by atoms with Crippen LogP contribution >= 0.6 is 0 Å². The lowest BCUT2D eigenvalue weighted by atomic mass is 10.2. The zero-order chi connectivity index (χ0) is 12.0. The lowest BCUT2D eigenvalue weighted by Gasteiger charge is -2.05. The predicted octanol–water partition coefficient (Wildman–Crippen LogP) is 2.40. The summed E-state index contributed by atoms with van der Waals surface area (Å²) in [7, 11) is 0. The van der Waals surface area contributed by atoms with Gasteiger partial charge < -0.3 is 4.74 Å². The largest absolute Gasteiger partial charge is 0.494 e. The molecule has 1 aromatic rings. The van der Waals surface area contributed by atoms with Crippen LogP contribution in [0.15, 0.2) is 24.3 Å². The van der Waals surface area contributed by atoms with Crippen LogP contribution in [0.5, 0.6) is 5.75 Å². The molecule has 6 heteroatoms. The summed E-state index contributed by atoms with van der Waals surface area (Å²) in [5, 5.41) is 0. The van der Waals surface area contributed by atoms with Gasteiger partial charge in [0.15, 0.2) is 0 Å². The van der Waals surface area contributed by atoms with Gasteiger partial charge in [-0.25, -0.2) is 4.79 Å². The second-order valence-corrected chi connectivity index (χ2v) is 2.69. The number of ether oxygens (including phenoxy) is 1. The van der Waals surface area contributed by atoms with Crippen molar-refractivity contribution < 1.29 is 28.1 Å². The van der Waals surface area contributed by atoms with Crippen LogP contribution in [0.2, 0.25) is 0 Å². The Morgan fingerprint density at radius 2 is 2.19 bits per heavy atom. The van der Waals surface area contributed by atoms with Gasteiger partial charge in [-0.3, -0.25) is 4.89 Å². The normalized spacial score (nSPS) is 10.2. The first kappa shape index (κ1) is 12.4. The average molecular weight is 232 g/mol. The zero-order valence-corrected chi connectivity index (χ0v) is 8.48. The molecular formula is C10H10F2O4. The van der Waals surface area contributed by atoms with Crippen LogP contribution in [0.4, 0.5) is 8.78 Å². The molecule has 0 N–H and O–H groups in total. The first-order valence-corrected chi connectivity index (χ1v) is 4.52. The minimum Gasteiger partial charge on any atom is -0.494 e. The standard InChI is InChI=1S/C10H10F2O4/c1-2-14-8-5-3-4-7(6-8)9(13)15-16-10(11)12/h3-6,10H,2H2,1H3. The van der Waals surface area contributed by atoms with E-state index in [0.717, 1.165) is 0 Å². The van der Waals surface area contributed by atoms with Gasteiger partial charge in [-0.1, -0.05) is 6.07 Å². The summed E-state index contributed by atoms with van der Waals surface area (Å²) in [6, 6.07) is 5.96. The zero-order valence-electron chi connectivity index (χ0n) is 8.48. The quantitative estimate of drug-likeness (QED) is 0.577. The number of carbonyl (C=O) groups is 1. The van der Waals surface area contributed by atoms with E-state index in [4.69, 9.17) is 4.74 Å². The molecule has 0 aromatic heterocycles. The number of carbonyl (C=O) groups excluding carboxylic acids is 1. The molecule has 0 radical (unpaired) electrons. The second-order valence-electron chi connectivity index (χ2n) is 2.69. The molecule has 16 heavy (non-hydrogen) atoms. The van der Waals surface area contributed by atoms with Crippen LogP contribution in [0.25, 0.3) is 0 Å². The van der Waals surface area contributed by atoms with E-state index in [1.807, 2.05) is 0 Å². The summed E-state index contributed by atoms with van der Waals surface area (Å²) in [6.07, 6.45) is 0. The third-order valence-electron chi connectivity index (χ3n) is 1.58. The molecule has 4 nitrogen and oxygen atoms in total. The van der Waals surface area contributed by atoms with Crippen molar-refractivity contribution in [2.24, 2.45) is 0 Å². The topological polar surface area (TPSA) is 44.8 Å². The van der Waals surface area contributed by atoms with Gasteiger partial charge in [-0.2, -0.15) is 8.78 Å². The van der Waals surface area contributed by atoms with Crippen molar-refractivity contribution in [3.05, 3.63) is 29.8 Å². The second kappa shape index (κ2) is 6.02. The summed E-state index contributed by atoms with van der Waals surface area (Å²) in [5.74, 6) is -0.546. The van der Waals surface area contributed by atoms with Crippen LogP contribution in [0.3, 0.4) is 0 Å². The predicted molar refractivity (Wildman–Crippen MR) is 50.1 cm³/mol. The lowest BCUT2D eigenvalue weighted by Crippen LogP contribution is -2.09. The SMILES string of the molecule is CCOc1cccc(C(=O)OOC(F)F)c1. The van der Waals surface area contributed by atoms with E-state index in [0.29, 0.717) is 12.4 Å². The number of hydrogen-bond acceptors (Lipinski definition) is 4. The molecule has 0 aliphatic carbocycles. The molecule has 0 spiro atoms. The molecule has 1 rings (SSSR count). The van der Waals surface area contributed by atoms with Crippen molar-refractivity contribution in [2.45, 2.75) is 13.5 Å². The lowest BCUT2D eigenvalue weighted by molar-refractivity contribution is -0.343. The van der Waals surface area contributed by atoms with E-state index in [2.05, 4.69) is 9.78 Å². The molecule has 88 valence electrons. The molecule has 0 unspecified atom stereocenters. The molecule has 0 fully saturated rings. The van der Waals surface area contributed by atoms with Crippen LogP contribution in [-0.4, -0.2) is 19.2 Å². The first-order valence-electron chi connectivity index (χ1n) is 4.52. The summed E-state index contributed by atoms with van der Waals surface area (Å²) in [6.45, 7) is -0.934. The van der Waals surface area contributed by atoms with Crippen LogP contribution < -0.4 is 4.74 Å². The Morgan fingerprint density at radius 1 is 1.44 bits per heavy atom. The van der Waals surface area contributed by atoms with E-state index in [9.17, 15) is 13.6 Å². The number of benzene rings is 1. The highest BCUT2D eigenvalue weighted by Crippen LogP contribution is 2.14. The fourth-order valence-corrected chi connectivity index (χ4v) is 1.01. The molecule has 0 amide bonds. The van der Waals surface area contributed by atoms with Gasteiger partial charge >= 0.3 is 12.6 Å². The molecule has 0 saturated heterocycles. The molecule has 0 aliphatic heterocycles. The van der Waals surface area contributed by atoms with Gasteiger partial charge in [0.25, 0.3) is 0 Å². The average Bonchev–Trinajstić information content (AvgIpc) is 2.26. The van der Waals surface area contributed by atoms with Crippen molar-refractivity contribution in [2.75, 3.05) is 6.61 Å². The first-order chi connectivity index (χ1) is 7.63. The van der Waals surface area contributed by atoms with Gasteiger partial charge in [-0.05, 0) is 25.1 Å². The van der Waals surface area contributed by atoms with E-state index in [1.165, 1.54) is 12.1 Å². The van der Waals surface area contributed by atoms with Crippen LogP contribution in [0.1, 0.15) is 17.3 Å². The summed E-state index contributed by atoms with van der Waals surface area (Å²) < 4.78 is 28.3.